The van der Waals surface area contributed by atoms with E-state index in [0.29, 0.717) is 33.8 Å². The standard InChI is InChI=1S/C17H17BrN4O4/c1-3-25-15-6-4-5-14(22-17(24)21(2)19-20-22)12(15)10-26-16-8-7-11(23)9-13(16)18/h4-9,23H,3,10H2,1-2H3. The molecule has 0 aliphatic heterocycles. The van der Waals surface area contributed by atoms with Crippen LogP contribution in [0.15, 0.2) is 45.7 Å². The largest absolute Gasteiger partial charge is 0.508 e. The molecule has 0 spiro atoms. The van der Waals surface area contributed by atoms with Gasteiger partial charge in [-0.3, -0.25) is 0 Å². The lowest BCUT2D eigenvalue weighted by Gasteiger charge is -2.15. The van der Waals surface area contributed by atoms with Gasteiger partial charge in [0.2, 0.25) is 0 Å². The van der Waals surface area contributed by atoms with Crippen LogP contribution in [0.2, 0.25) is 0 Å². The van der Waals surface area contributed by atoms with E-state index in [1.807, 2.05) is 6.92 Å². The monoisotopic (exact) mass is 420 g/mol. The van der Waals surface area contributed by atoms with Crippen molar-refractivity contribution in [3.05, 3.63) is 56.9 Å². The lowest BCUT2D eigenvalue weighted by molar-refractivity contribution is 0.284. The van der Waals surface area contributed by atoms with E-state index in [9.17, 15) is 9.90 Å². The Morgan fingerprint density at radius 3 is 2.62 bits per heavy atom. The number of tetrazole rings is 1. The molecule has 136 valence electrons. The lowest BCUT2D eigenvalue weighted by atomic mass is 10.1. The highest BCUT2D eigenvalue weighted by molar-refractivity contribution is 9.10. The van der Waals surface area contributed by atoms with Crippen LogP contribution in [-0.4, -0.2) is 31.5 Å². The van der Waals surface area contributed by atoms with Crippen LogP contribution < -0.4 is 15.2 Å². The van der Waals surface area contributed by atoms with Gasteiger partial charge in [0.05, 0.1) is 22.3 Å². The minimum Gasteiger partial charge on any atom is -0.508 e. The lowest BCUT2D eigenvalue weighted by Crippen LogP contribution is -2.23. The molecule has 0 bridgehead atoms. The number of aromatic hydroxyl groups is 1. The van der Waals surface area contributed by atoms with E-state index in [0.717, 1.165) is 4.68 Å². The fourth-order valence-electron chi connectivity index (χ4n) is 2.41. The number of ether oxygens (including phenoxy) is 2. The Labute approximate surface area is 157 Å². The summed E-state index contributed by atoms with van der Waals surface area (Å²) < 4.78 is 14.5. The van der Waals surface area contributed by atoms with Crippen LogP contribution in [0.1, 0.15) is 12.5 Å². The summed E-state index contributed by atoms with van der Waals surface area (Å²) in [5.41, 5.74) is 0.826. The van der Waals surface area contributed by atoms with Crippen LogP contribution >= 0.6 is 15.9 Å². The van der Waals surface area contributed by atoms with Gasteiger partial charge in [-0.25, -0.2) is 4.79 Å². The molecule has 0 fully saturated rings. The summed E-state index contributed by atoms with van der Waals surface area (Å²) in [5, 5.41) is 17.1. The molecular weight excluding hydrogens is 404 g/mol. The topological polar surface area (TPSA) is 91.4 Å². The van der Waals surface area contributed by atoms with Crippen LogP contribution in [0, 0.1) is 0 Å². The molecule has 0 atom stereocenters. The van der Waals surface area contributed by atoms with Crippen molar-refractivity contribution >= 4 is 15.9 Å². The first-order valence-corrected chi connectivity index (χ1v) is 8.66. The van der Waals surface area contributed by atoms with E-state index in [4.69, 9.17) is 9.47 Å². The van der Waals surface area contributed by atoms with Gasteiger partial charge in [-0.2, -0.15) is 9.36 Å². The molecule has 1 heterocycles. The molecule has 0 saturated carbocycles. The molecule has 1 N–H and O–H groups in total. The number of rotatable bonds is 6. The molecule has 1 aromatic heterocycles. The molecular formula is C17H17BrN4O4. The summed E-state index contributed by atoms with van der Waals surface area (Å²) in [6.45, 7) is 2.48. The van der Waals surface area contributed by atoms with E-state index in [-0.39, 0.29) is 18.0 Å². The normalized spacial score (nSPS) is 10.7. The average molecular weight is 421 g/mol. The second kappa shape index (κ2) is 7.61. The predicted octanol–water partition coefficient (Wildman–Crippen LogP) is 2.41. The molecule has 2 aromatic carbocycles. The van der Waals surface area contributed by atoms with Gasteiger partial charge >= 0.3 is 5.69 Å². The van der Waals surface area contributed by atoms with Gasteiger partial charge in [0, 0.05) is 7.05 Å². The van der Waals surface area contributed by atoms with Crippen molar-refractivity contribution < 1.29 is 14.6 Å². The Kier molecular flexibility index (Phi) is 5.27. The van der Waals surface area contributed by atoms with Crippen molar-refractivity contribution in [1.82, 2.24) is 19.8 Å². The van der Waals surface area contributed by atoms with Crippen molar-refractivity contribution in [2.24, 2.45) is 7.05 Å². The first-order chi connectivity index (χ1) is 12.5. The zero-order valence-electron chi connectivity index (χ0n) is 14.2. The molecule has 3 aromatic rings. The predicted molar refractivity (Wildman–Crippen MR) is 97.9 cm³/mol. The van der Waals surface area contributed by atoms with E-state index in [2.05, 4.69) is 26.4 Å². The molecule has 0 saturated heterocycles. The minimum absolute atomic E-state index is 0.130. The summed E-state index contributed by atoms with van der Waals surface area (Å²) >= 11 is 3.35. The maximum atomic E-state index is 12.2. The third kappa shape index (κ3) is 3.57. The van der Waals surface area contributed by atoms with Gasteiger partial charge in [-0.15, -0.1) is 0 Å². The van der Waals surface area contributed by atoms with Crippen molar-refractivity contribution in [2.75, 3.05) is 6.61 Å². The zero-order chi connectivity index (χ0) is 18.7. The summed E-state index contributed by atoms with van der Waals surface area (Å²) in [4.78, 5) is 12.2. The molecule has 3 rings (SSSR count). The average Bonchev–Trinajstić information content (AvgIpc) is 2.94. The van der Waals surface area contributed by atoms with Gasteiger partial charge < -0.3 is 14.6 Å². The molecule has 8 nitrogen and oxygen atoms in total. The summed E-state index contributed by atoms with van der Waals surface area (Å²) in [6.07, 6.45) is 0. The maximum absolute atomic E-state index is 12.2. The fourth-order valence-corrected chi connectivity index (χ4v) is 2.89. The Balaban J connectivity index is 2.00. The Morgan fingerprint density at radius 1 is 1.15 bits per heavy atom. The first kappa shape index (κ1) is 18.0. The van der Waals surface area contributed by atoms with Crippen LogP contribution in [0.4, 0.5) is 0 Å². The SMILES string of the molecule is CCOc1cccc(-n2nnn(C)c2=O)c1COc1ccc(O)cc1Br. The van der Waals surface area contributed by atoms with E-state index in [1.165, 1.54) is 23.9 Å². The number of halogens is 1. The fraction of sp³-hybridized carbons (Fsp3) is 0.235. The zero-order valence-corrected chi connectivity index (χ0v) is 15.8. The highest BCUT2D eigenvalue weighted by atomic mass is 79.9. The van der Waals surface area contributed by atoms with Crippen molar-refractivity contribution in [1.29, 1.82) is 0 Å². The second-order valence-corrected chi connectivity index (χ2v) is 6.24. The number of hydrogen-bond donors (Lipinski definition) is 1. The van der Waals surface area contributed by atoms with Crippen LogP contribution in [0.25, 0.3) is 5.69 Å². The summed E-state index contributed by atoms with van der Waals surface area (Å²) in [7, 11) is 1.53. The van der Waals surface area contributed by atoms with Gasteiger partial charge in [-0.1, -0.05) is 6.07 Å². The molecule has 9 heteroatoms. The number of aromatic nitrogens is 4. The van der Waals surface area contributed by atoms with Gasteiger partial charge in [0.25, 0.3) is 0 Å². The van der Waals surface area contributed by atoms with Gasteiger partial charge in [0.1, 0.15) is 23.9 Å². The highest BCUT2D eigenvalue weighted by Gasteiger charge is 2.16. The minimum atomic E-state index is -0.370. The molecule has 0 unspecified atom stereocenters. The van der Waals surface area contributed by atoms with Crippen molar-refractivity contribution in [2.45, 2.75) is 13.5 Å². The summed E-state index contributed by atoms with van der Waals surface area (Å²) in [6, 6.07) is 10.1. The molecule has 0 aliphatic carbocycles. The number of phenolic OH excluding ortho intramolecular Hbond substituents is 1. The number of benzene rings is 2. The Hall–Kier alpha value is -2.81. The van der Waals surface area contributed by atoms with E-state index in [1.54, 1.807) is 24.3 Å². The number of phenols is 1. The van der Waals surface area contributed by atoms with Crippen molar-refractivity contribution in [3.63, 3.8) is 0 Å². The molecule has 0 aliphatic rings. The second-order valence-electron chi connectivity index (χ2n) is 5.39. The molecule has 0 radical (unpaired) electrons. The van der Waals surface area contributed by atoms with Gasteiger partial charge in [0.15, 0.2) is 0 Å². The van der Waals surface area contributed by atoms with Crippen LogP contribution in [0.5, 0.6) is 17.2 Å². The summed E-state index contributed by atoms with van der Waals surface area (Å²) in [5.74, 6) is 1.27. The first-order valence-electron chi connectivity index (χ1n) is 7.86. The quantitative estimate of drug-likeness (QED) is 0.658. The van der Waals surface area contributed by atoms with Crippen LogP contribution in [0.3, 0.4) is 0 Å². The Bertz CT molecular complexity index is 983. The number of nitrogens with zero attached hydrogens (tertiary/aromatic N) is 4. The third-order valence-corrected chi connectivity index (χ3v) is 4.27. The Morgan fingerprint density at radius 2 is 1.96 bits per heavy atom. The third-order valence-electron chi connectivity index (χ3n) is 3.65. The van der Waals surface area contributed by atoms with E-state index < -0.39 is 0 Å². The van der Waals surface area contributed by atoms with Crippen LogP contribution in [-0.2, 0) is 13.7 Å². The van der Waals surface area contributed by atoms with E-state index >= 15 is 0 Å². The number of hydrogen-bond acceptors (Lipinski definition) is 6. The molecule has 0 amide bonds. The van der Waals surface area contributed by atoms with Gasteiger partial charge in [-0.05, 0) is 63.6 Å². The maximum Gasteiger partial charge on any atom is 0.368 e. The molecule has 26 heavy (non-hydrogen) atoms. The number of aryl methyl sites for hydroxylation is 1. The highest BCUT2D eigenvalue weighted by Crippen LogP contribution is 2.31. The van der Waals surface area contributed by atoms with Crippen molar-refractivity contribution in [3.8, 4) is 22.9 Å². The smallest absolute Gasteiger partial charge is 0.368 e.